The van der Waals surface area contributed by atoms with Crippen LogP contribution in [0.4, 0.5) is 0 Å². The molecular formula is C37H81N5O. The van der Waals surface area contributed by atoms with Crippen LogP contribution in [-0.4, -0.2) is 50.2 Å². The second kappa shape index (κ2) is 36.2. The highest BCUT2D eigenvalue weighted by molar-refractivity contribution is 4.74. The average Bonchev–Trinajstić information content (AvgIpc) is 3.01. The Bertz CT molecular complexity index is 509. The third-order valence-corrected chi connectivity index (χ3v) is 9.10. The standard InChI is InChI=1S/C37H81N5O/c1-3-5-7-9-11-13-15-17-19-21-23-28-35(27-22-20-18-16-14-12-10-8-6-4-2)37(43)42-36(41-34-26-31-39)29-24-32-40-33-25-30-38/h35-37,40-43H,3-34,38-39H2,1-2H3. The van der Waals surface area contributed by atoms with Gasteiger partial charge in [0, 0.05) is 0 Å². The first-order chi connectivity index (χ1) is 21.2. The Labute approximate surface area is 270 Å². The van der Waals surface area contributed by atoms with Crippen LogP contribution in [0.3, 0.4) is 0 Å². The summed E-state index contributed by atoms with van der Waals surface area (Å²) in [4.78, 5) is 0. The Kier molecular flexibility index (Phi) is 36.0. The first kappa shape index (κ1) is 42.8. The molecular weight excluding hydrogens is 530 g/mol. The van der Waals surface area contributed by atoms with Gasteiger partial charge in [0.25, 0.3) is 0 Å². The highest BCUT2D eigenvalue weighted by Crippen LogP contribution is 2.22. The van der Waals surface area contributed by atoms with Gasteiger partial charge < -0.3 is 27.2 Å². The molecule has 0 saturated heterocycles. The molecule has 0 radical (unpaired) electrons. The Hall–Kier alpha value is -0.240. The number of aliphatic hydroxyl groups is 1. The molecule has 260 valence electrons. The van der Waals surface area contributed by atoms with Gasteiger partial charge in [-0.2, -0.15) is 0 Å². The molecule has 6 heteroatoms. The van der Waals surface area contributed by atoms with E-state index < -0.39 is 6.23 Å². The van der Waals surface area contributed by atoms with Crippen LogP contribution in [0.2, 0.25) is 0 Å². The van der Waals surface area contributed by atoms with Crippen LogP contribution in [0.15, 0.2) is 0 Å². The molecule has 8 N–H and O–H groups in total. The molecule has 0 amide bonds. The molecule has 0 saturated carbocycles. The van der Waals surface area contributed by atoms with Crippen molar-refractivity contribution in [1.29, 1.82) is 0 Å². The van der Waals surface area contributed by atoms with Crippen molar-refractivity contribution in [1.82, 2.24) is 16.0 Å². The minimum absolute atomic E-state index is 0.130. The number of nitrogens with two attached hydrogens (primary N) is 2. The summed E-state index contributed by atoms with van der Waals surface area (Å²) in [6, 6.07) is 0. The number of hydrogen-bond acceptors (Lipinski definition) is 6. The van der Waals surface area contributed by atoms with E-state index in [2.05, 4.69) is 29.8 Å². The number of unbranched alkanes of at least 4 members (excludes halogenated alkanes) is 19. The van der Waals surface area contributed by atoms with E-state index in [1.54, 1.807) is 0 Å². The Morgan fingerprint density at radius 1 is 0.465 bits per heavy atom. The maximum atomic E-state index is 11.4. The van der Waals surface area contributed by atoms with E-state index in [1.807, 2.05) is 0 Å². The van der Waals surface area contributed by atoms with Gasteiger partial charge in [-0.15, -0.1) is 0 Å². The lowest BCUT2D eigenvalue weighted by molar-refractivity contribution is 0.0454. The lowest BCUT2D eigenvalue weighted by atomic mass is 9.92. The van der Waals surface area contributed by atoms with Crippen LogP contribution in [0.1, 0.15) is 187 Å². The van der Waals surface area contributed by atoms with Crippen molar-refractivity contribution in [3.8, 4) is 0 Å². The molecule has 3 atom stereocenters. The Balaban J connectivity index is 4.57. The van der Waals surface area contributed by atoms with Gasteiger partial charge >= 0.3 is 0 Å². The lowest BCUT2D eigenvalue weighted by Gasteiger charge is -2.29. The molecule has 0 aliphatic carbocycles. The summed E-state index contributed by atoms with van der Waals surface area (Å²) < 4.78 is 0. The molecule has 0 aromatic heterocycles. The van der Waals surface area contributed by atoms with Gasteiger partial charge in [-0.3, -0.25) is 5.32 Å². The monoisotopic (exact) mass is 612 g/mol. The summed E-state index contributed by atoms with van der Waals surface area (Å²) in [6.45, 7) is 8.89. The fraction of sp³-hybridized carbons (Fsp3) is 1.00. The van der Waals surface area contributed by atoms with Crippen molar-refractivity contribution < 1.29 is 5.11 Å². The fourth-order valence-corrected chi connectivity index (χ4v) is 6.17. The van der Waals surface area contributed by atoms with Crippen LogP contribution < -0.4 is 27.4 Å². The lowest BCUT2D eigenvalue weighted by Crippen LogP contribution is -2.50. The number of nitrogens with one attached hydrogen (secondary N) is 3. The van der Waals surface area contributed by atoms with Crippen molar-refractivity contribution >= 4 is 0 Å². The third-order valence-electron chi connectivity index (χ3n) is 9.10. The van der Waals surface area contributed by atoms with Crippen molar-refractivity contribution in [2.45, 2.75) is 200 Å². The quantitative estimate of drug-likeness (QED) is 0.0311. The zero-order chi connectivity index (χ0) is 31.5. The molecule has 0 rings (SSSR count). The second-order valence-corrected chi connectivity index (χ2v) is 13.3. The first-order valence-corrected chi connectivity index (χ1v) is 19.5. The van der Waals surface area contributed by atoms with E-state index in [4.69, 9.17) is 11.5 Å². The van der Waals surface area contributed by atoms with Gasteiger partial charge in [0.2, 0.25) is 0 Å². The summed E-state index contributed by atoms with van der Waals surface area (Å²) in [5, 5.41) is 22.1. The minimum Gasteiger partial charge on any atom is -0.378 e. The van der Waals surface area contributed by atoms with Crippen LogP contribution in [0.25, 0.3) is 0 Å². The minimum atomic E-state index is -0.442. The van der Waals surface area contributed by atoms with Crippen molar-refractivity contribution in [3.05, 3.63) is 0 Å². The average molecular weight is 612 g/mol. The predicted octanol–water partition coefficient (Wildman–Crippen LogP) is 8.51. The molecule has 0 aromatic carbocycles. The summed E-state index contributed by atoms with van der Waals surface area (Å²) in [5.41, 5.74) is 11.4. The second-order valence-electron chi connectivity index (χ2n) is 13.3. The summed E-state index contributed by atoms with van der Waals surface area (Å²) in [5.74, 6) is 0.342. The van der Waals surface area contributed by atoms with Crippen LogP contribution in [0.5, 0.6) is 0 Å². The van der Waals surface area contributed by atoms with Crippen LogP contribution >= 0.6 is 0 Å². The van der Waals surface area contributed by atoms with E-state index in [0.717, 1.165) is 64.7 Å². The normalized spacial score (nSPS) is 13.9. The van der Waals surface area contributed by atoms with Crippen molar-refractivity contribution in [2.75, 3.05) is 32.7 Å². The highest BCUT2D eigenvalue weighted by atomic mass is 16.3. The van der Waals surface area contributed by atoms with E-state index >= 15 is 0 Å². The molecule has 0 bridgehead atoms. The van der Waals surface area contributed by atoms with E-state index in [0.29, 0.717) is 12.5 Å². The third kappa shape index (κ3) is 31.5. The molecule has 0 fully saturated rings. The molecule has 0 heterocycles. The van der Waals surface area contributed by atoms with Crippen molar-refractivity contribution in [3.63, 3.8) is 0 Å². The fourth-order valence-electron chi connectivity index (χ4n) is 6.17. The SMILES string of the molecule is CCCCCCCCCCCCCC(CCCCCCCCCCCC)C(O)NC(CCCNCCCN)NCCCN. The van der Waals surface area contributed by atoms with Gasteiger partial charge in [0.05, 0.1) is 6.17 Å². The smallest absolute Gasteiger partial charge is 0.108 e. The van der Waals surface area contributed by atoms with Crippen LogP contribution in [0, 0.1) is 5.92 Å². The summed E-state index contributed by atoms with van der Waals surface area (Å²) >= 11 is 0. The predicted molar refractivity (Wildman–Crippen MR) is 191 cm³/mol. The summed E-state index contributed by atoms with van der Waals surface area (Å²) in [7, 11) is 0. The van der Waals surface area contributed by atoms with E-state index in [1.165, 1.54) is 135 Å². The van der Waals surface area contributed by atoms with E-state index in [9.17, 15) is 5.11 Å². The van der Waals surface area contributed by atoms with Gasteiger partial charge in [0.1, 0.15) is 6.23 Å². The molecule has 43 heavy (non-hydrogen) atoms. The van der Waals surface area contributed by atoms with Gasteiger partial charge in [0.15, 0.2) is 0 Å². The number of aliphatic hydroxyl groups excluding tert-OH is 1. The summed E-state index contributed by atoms with van der Waals surface area (Å²) in [6.07, 6.45) is 34.8. The largest absolute Gasteiger partial charge is 0.378 e. The molecule has 6 nitrogen and oxygen atoms in total. The van der Waals surface area contributed by atoms with Gasteiger partial charge in [-0.25, -0.2) is 0 Å². The number of rotatable bonds is 37. The molecule has 3 unspecified atom stereocenters. The molecule has 0 aliphatic heterocycles. The van der Waals surface area contributed by atoms with Crippen molar-refractivity contribution in [2.24, 2.45) is 17.4 Å². The maximum absolute atomic E-state index is 11.4. The van der Waals surface area contributed by atoms with Gasteiger partial charge in [-0.05, 0) is 77.2 Å². The zero-order valence-corrected chi connectivity index (χ0v) is 29.5. The molecule has 0 aromatic rings. The Morgan fingerprint density at radius 2 is 0.860 bits per heavy atom. The zero-order valence-electron chi connectivity index (χ0n) is 29.5. The van der Waals surface area contributed by atoms with Gasteiger partial charge in [-0.1, -0.05) is 149 Å². The maximum Gasteiger partial charge on any atom is 0.108 e. The molecule has 0 aliphatic rings. The highest BCUT2D eigenvalue weighted by Gasteiger charge is 2.21. The topological polar surface area (TPSA) is 108 Å². The first-order valence-electron chi connectivity index (χ1n) is 19.5. The Morgan fingerprint density at radius 3 is 1.30 bits per heavy atom. The molecule has 0 spiro atoms. The van der Waals surface area contributed by atoms with E-state index in [-0.39, 0.29) is 6.17 Å². The number of hydrogen-bond donors (Lipinski definition) is 6. The van der Waals surface area contributed by atoms with Crippen LogP contribution in [-0.2, 0) is 0 Å².